The van der Waals surface area contributed by atoms with Crippen molar-refractivity contribution < 1.29 is 4.79 Å². The number of hydrogen-bond donors (Lipinski definition) is 1. The lowest BCUT2D eigenvalue weighted by Crippen LogP contribution is -2.38. The Labute approximate surface area is 100 Å². The lowest BCUT2D eigenvalue weighted by atomic mass is 10.3. The van der Waals surface area contributed by atoms with Gasteiger partial charge in [0.25, 0.3) is 0 Å². The van der Waals surface area contributed by atoms with E-state index < -0.39 is 0 Å². The Morgan fingerprint density at radius 1 is 1.47 bits per heavy atom. The topological polar surface area (TPSA) is 81.9 Å². The lowest BCUT2D eigenvalue weighted by Gasteiger charge is -2.21. The van der Waals surface area contributed by atoms with Gasteiger partial charge in [0.15, 0.2) is 11.5 Å². The van der Waals surface area contributed by atoms with Gasteiger partial charge in [-0.2, -0.15) is 5.26 Å². The maximum Gasteiger partial charge on any atom is 0.239 e. The first-order chi connectivity index (χ1) is 8.22. The van der Waals surface area contributed by atoms with E-state index in [9.17, 15) is 4.79 Å². The van der Waals surface area contributed by atoms with Gasteiger partial charge in [-0.1, -0.05) is 0 Å². The van der Waals surface area contributed by atoms with Gasteiger partial charge in [-0.15, -0.1) is 0 Å². The number of aromatic nitrogens is 2. The average molecular weight is 233 g/mol. The number of amides is 1. The largest absolute Gasteiger partial charge is 0.355 e. The van der Waals surface area contributed by atoms with Crippen LogP contribution in [0.2, 0.25) is 0 Å². The van der Waals surface area contributed by atoms with E-state index in [-0.39, 0.29) is 18.1 Å². The molecule has 1 aromatic rings. The number of anilines is 1. The zero-order valence-corrected chi connectivity index (χ0v) is 9.97. The number of likely N-dealkylation sites (N-methyl/N-ethyl adjacent to an activating group) is 2. The summed E-state index contributed by atoms with van der Waals surface area (Å²) in [6.07, 6.45) is 2.97. The second kappa shape index (κ2) is 6.43. The summed E-state index contributed by atoms with van der Waals surface area (Å²) in [4.78, 5) is 21.2. The molecule has 1 heterocycles. The van der Waals surface area contributed by atoms with Gasteiger partial charge in [0.2, 0.25) is 5.91 Å². The van der Waals surface area contributed by atoms with Crippen LogP contribution in [0.25, 0.3) is 0 Å². The van der Waals surface area contributed by atoms with Gasteiger partial charge in [-0.25, -0.2) is 9.97 Å². The SMILES string of the molecule is CCNC(=O)CN(CC)c1nccnc1C#N. The first-order valence-electron chi connectivity index (χ1n) is 5.45. The third kappa shape index (κ3) is 3.41. The van der Waals surface area contributed by atoms with Crippen molar-refractivity contribution in [3.8, 4) is 6.07 Å². The molecule has 1 rings (SSSR count). The Hall–Kier alpha value is -2.16. The molecule has 0 unspecified atom stereocenters. The molecule has 0 fully saturated rings. The molecule has 90 valence electrons. The Bertz CT molecular complexity index is 426. The van der Waals surface area contributed by atoms with E-state index in [1.807, 2.05) is 19.9 Å². The Morgan fingerprint density at radius 2 is 2.18 bits per heavy atom. The van der Waals surface area contributed by atoms with Crippen molar-refractivity contribution in [2.45, 2.75) is 13.8 Å². The highest BCUT2D eigenvalue weighted by Gasteiger charge is 2.14. The molecular formula is C11H15N5O. The fourth-order valence-electron chi connectivity index (χ4n) is 1.40. The van der Waals surface area contributed by atoms with Crippen molar-refractivity contribution in [1.29, 1.82) is 5.26 Å². The summed E-state index contributed by atoms with van der Waals surface area (Å²) >= 11 is 0. The normalized spacial score (nSPS) is 9.47. The summed E-state index contributed by atoms with van der Waals surface area (Å²) in [5, 5.41) is 11.6. The van der Waals surface area contributed by atoms with E-state index in [0.29, 0.717) is 18.9 Å². The highest BCUT2D eigenvalue weighted by atomic mass is 16.2. The molecule has 0 aromatic carbocycles. The van der Waals surface area contributed by atoms with Crippen molar-refractivity contribution >= 4 is 11.7 Å². The quantitative estimate of drug-likeness (QED) is 0.791. The molecule has 0 aliphatic heterocycles. The van der Waals surface area contributed by atoms with Crippen LogP contribution in [-0.4, -0.2) is 35.5 Å². The summed E-state index contributed by atoms with van der Waals surface area (Å²) in [5.41, 5.74) is 0.235. The summed E-state index contributed by atoms with van der Waals surface area (Å²) < 4.78 is 0. The average Bonchev–Trinajstić information content (AvgIpc) is 2.36. The van der Waals surface area contributed by atoms with Crippen molar-refractivity contribution in [3.05, 3.63) is 18.1 Å². The molecule has 0 aliphatic carbocycles. The van der Waals surface area contributed by atoms with E-state index in [1.165, 1.54) is 12.4 Å². The first-order valence-corrected chi connectivity index (χ1v) is 5.45. The van der Waals surface area contributed by atoms with Gasteiger partial charge >= 0.3 is 0 Å². The van der Waals surface area contributed by atoms with Crippen molar-refractivity contribution in [3.63, 3.8) is 0 Å². The van der Waals surface area contributed by atoms with E-state index in [4.69, 9.17) is 5.26 Å². The third-order valence-corrected chi connectivity index (χ3v) is 2.17. The standard InChI is InChI=1S/C11H15N5O/c1-3-13-10(17)8-16(4-2)11-9(7-12)14-5-6-15-11/h5-6H,3-4,8H2,1-2H3,(H,13,17). The predicted octanol–water partition coefficient (Wildman–Crippen LogP) is 0.311. The maximum atomic E-state index is 11.5. The van der Waals surface area contributed by atoms with Gasteiger partial charge < -0.3 is 10.2 Å². The molecule has 0 spiro atoms. The number of nitrogens with one attached hydrogen (secondary N) is 1. The molecule has 1 amide bonds. The Morgan fingerprint density at radius 3 is 2.76 bits per heavy atom. The van der Waals surface area contributed by atoms with Gasteiger partial charge in [0.05, 0.1) is 6.54 Å². The van der Waals surface area contributed by atoms with Crippen LogP contribution in [0.1, 0.15) is 19.5 Å². The predicted molar refractivity (Wildman–Crippen MR) is 63.3 cm³/mol. The number of rotatable bonds is 5. The highest BCUT2D eigenvalue weighted by molar-refractivity contribution is 5.81. The van der Waals surface area contributed by atoms with Crippen molar-refractivity contribution in [2.24, 2.45) is 0 Å². The third-order valence-electron chi connectivity index (χ3n) is 2.17. The van der Waals surface area contributed by atoms with E-state index >= 15 is 0 Å². The molecule has 0 aliphatic rings. The molecule has 1 N–H and O–H groups in total. The monoisotopic (exact) mass is 233 g/mol. The fourth-order valence-corrected chi connectivity index (χ4v) is 1.40. The number of nitriles is 1. The molecular weight excluding hydrogens is 218 g/mol. The first kappa shape index (κ1) is 12.9. The van der Waals surface area contributed by atoms with Crippen LogP contribution in [-0.2, 0) is 4.79 Å². The maximum absolute atomic E-state index is 11.5. The minimum Gasteiger partial charge on any atom is -0.355 e. The molecule has 17 heavy (non-hydrogen) atoms. The van der Waals surface area contributed by atoms with Crippen LogP contribution in [0, 0.1) is 11.3 Å². The summed E-state index contributed by atoms with van der Waals surface area (Å²) in [7, 11) is 0. The number of carbonyl (C=O) groups is 1. The van der Waals surface area contributed by atoms with Gasteiger partial charge in [-0.05, 0) is 13.8 Å². The second-order valence-corrected chi connectivity index (χ2v) is 3.31. The van der Waals surface area contributed by atoms with Crippen LogP contribution >= 0.6 is 0 Å². The lowest BCUT2D eigenvalue weighted by molar-refractivity contribution is -0.119. The van der Waals surface area contributed by atoms with Crippen molar-refractivity contribution in [1.82, 2.24) is 15.3 Å². The molecule has 0 atom stereocenters. The minimum atomic E-state index is -0.0936. The Balaban J connectivity index is 2.87. The van der Waals surface area contributed by atoms with Crippen LogP contribution < -0.4 is 10.2 Å². The van der Waals surface area contributed by atoms with Gasteiger partial charge in [0.1, 0.15) is 6.07 Å². The van der Waals surface area contributed by atoms with E-state index in [0.717, 1.165) is 0 Å². The van der Waals surface area contributed by atoms with Crippen LogP contribution in [0.15, 0.2) is 12.4 Å². The number of hydrogen-bond acceptors (Lipinski definition) is 5. The smallest absolute Gasteiger partial charge is 0.239 e. The molecule has 6 nitrogen and oxygen atoms in total. The number of carbonyl (C=O) groups excluding carboxylic acids is 1. The molecule has 6 heteroatoms. The summed E-state index contributed by atoms with van der Waals surface area (Å²) in [5.74, 6) is 0.354. The Kier molecular flexibility index (Phi) is 4.88. The fraction of sp³-hybridized carbons (Fsp3) is 0.455. The minimum absolute atomic E-state index is 0.0936. The molecule has 0 saturated heterocycles. The summed E-state index contributed by atoms with van der Waals surface area (Å²) in [6, 6.07) is 1.97. The zero-order valence-electron chi connectivity index (χ0n) is 9.97. The molecule has 0 radical (unpaired) electrons. The summed E-state index contributed by atoms with van der Waals surface area (Å²) in [6.45, 7) is 5.11. The van der Waals surface area contributed by atoms with Crippen LogP contribution in [0.4, 0.5) is 5.82 Å². The van der Waals surface area contributed by atoms with Gasteiger partial charge in [-0.3, -0.25) is 4.79 Å². The number of nitrogens with zero attached hydrogens (tertiary/aromatic N) is 4. The molecule has 0 bridgehead atoms. The second-order valence-electron chi connectivity index (χ2n) is 3.31. The molecule has 1 aromatic heterocycles. The van der Waals surface area contributed by atoms with Gasteiger partial charge in [0, 0.05) is 25.5 Å². The van der Waals surface area contributed by atoms with E-state index in [2.05, 4.69) is 15.3 Å². The van der Waals surface area contributed by atoms with Crippen LogP contribution in [0.5, 0.6) is 0 Å². The van der Waals surface area contributed by atoms with Crippen LogP contribution in [0.3, 0.4) is 0 Å². The highest BCUT2D eigenvalue weighted by Crippen LogP contribution is 2.12. The zero-order chi connectivity index (χ0) is 12.7. The van der Waals surface area contributed by atoms with E-state index in [1.54, 1.807) is 4.90 Å². The molecule has 0 saturated carbocycles. The van der Waals surface area contributed by atoms with Crippen molar-refractivity contribution in [2.75, 3.05) is 24.5 Å².